The lowest BCUT2D eigenvalue weighted by Gasteiger charge is -2.25. The Balaban J connectivity index is 1.20. The summed E-state index contributed by atoms with van der Waals surface area (Å²) in [6, 6.07) is 67.3. The van der Waals surface area contributed by atoms with Crippen molar-refractivity contribution in [1.82, 2.24) is 0 Å². The topological polar surface area (TPSA) is 16.4 Å². The van der Waals surface area contributed by atoms with Crippen molar-refractivity contribution < 1.29 is 4.42 Å². The minimum atomic E-state index is 0.862. The van der Waals surface area contributed by atoms with Gasteiger partial charge in [0.15, 0.2) is 0 Å². The summed E-state index contributed by atoms with van der Waals surface area (Å²) >= 11 is 0. The number of fused-ring (bicyclic) bond motifs is 7. The molecule has 0 unspecified atom stereocenters. The largest absolute Gasteiger partial charge is 0.455 e. The lowest BCUT2D eigenvalue weighted by molar-refractivity contribution is 0.670. The Hall–Kier alpha value is -6.64. The quantitative estimate of drug-likeness (QED) is 0.175. The average Bonchev–Trinajstić information content (AvgIpc) is 3.55. The van der Waals surface area contributed by atoms with Crippen LogP contribution in [0.5, 0.6) is 0 Å². The molecule has 0 saturated heterocycles. The smallest absolute Gasteiger partial charge is 0.143 e. The monoisotopic (exact) mass is 637 g/mol. The number of rotatable bonds is 5. The lowest BCUT2D eigenvalue weighted by atomic mass is 9.89. The van der Waals surface area contributed by atoms with Gasteiger partial charge in [-0.1, -0.05) is 133 Å². The van der Waals surface area contributed by atoms with Crippen molar-refractivity contribution in [3.63, 3.8) is 0 Å². The van der Waals surface area contributed by atoms with E-state index >= 15 is 0 Å². The fraction of sp³-hybridized carbons (Fsp3) is 0. The van der Waals surface area contributed by atoms with E-state index in [2.05, 4.69) is 193 Å². The fourth-order valence-corrected chi connectivity index (χ4v) is 7.69. The Morgan fingerprint density at radius 1 is 0.340 bits per heavy atom. The van der Waals surface area contributed by atoms with Crippen LogP contribution in [0.15, 0.2) is 192 Å². The molecule has 0 fully saturated rings. The van der Waals surface area contributed by atoms with Crippen molar-refractivity contribution in [2.45, 2.75) is 0 Å². The summed E-state index contributed by atoms with van der Waals surface area (Å²) in [5.41, 5.74) is 9.70. The van der Waals surface area contributed by atoms with Crippen LogP contribution in [0.1, 0.15) is 0 Å². The molecule has 0 atom stereocenters. The molecule has 0 aliphatic rings. The maximum atomic E-state index is 7.02. The van der Waals surface area contributed by atoms with E-state index in [0.29, 0.717) is 0 Å². The summed E-state index contributed by atoms with van der Waals surface area (Å²) in [6.45, 7) is 0. The second-order valence-electron chi connectivity index (χ2n) is 12.9. The molecule has 50 heavy (non-hydrogen) atoms. The molecule has 0 aliphatic carbocycles. The van der Waals surface area contributed by atoms with Crippen molar-refractivity contribution in [2.24, 2.45) is 0 Å². The first-order valence-corrected chi connectivity index (χ1v) is 17.1. The van der Waals surface area contributed by atoms with Crippen LogP contribution in [-0.4, -0.2) is 0 Å². The summed E-state index contributed by atoms with van der Waals surface area (Å²) in [7, 11) is 0. The molecule has 0 aliphatic heterocycles. The summed E-state index contributed by atoms with van der Waals surface area (Å²) in [4.78, 5) is 2.30. The zero-order valence-electron chi connectivity index (χ0n) is 27.3. The number of furan rings is 1. The van der Waals surface area contributed by atoms with Gasteiger partial charge in [-0.25, -0.2) is 0 Å². The van der Waals surface area contributed by atoms with Gasteiger partial charge in [0.1, 0.15) is 11.2 Å². The lowest BCUT2D eigenvalue weighted by Crippen LogP contribution is -2.09. The second-order valence-corrected chi connectivity index (χ2v) is 12.9. The third-order valence-electron chi connectivity index (χ3n) is 10.0. The first kappa shape index (κ1) is 28.4. The normalized spacial score (nSPS) is 11.6. The molecule has 0 amide bonds. The highest BCUT2D eigenvalue weighted by molar-refractivity contribution is 6.23. The van der Waals surface area contributed by atoms with E-state index in [1.54, 1.807) is 0 Å². The minimum absolute atomic E-state index is 0.862. The van der Waals surface area contributed by atoms with Gasteiger partial charge in [-0.3, -0.25) is 0 Å². The van der Waals surface area contributed by atoms with Crippen LogP contribution < -0.4 is 4.90 Å². The van der Waals surface area contributed by atoms with E-state index < -0.39 is 0 Å². The third-order valence-corrected chi connectivity index (χ3v) is 10.0. The SMILES string of the molecule is c1ccc(-c2ccc(N(c3ccccc3)c3ccc4c(c3)oc3c(-c5cc6ccccc6c6ccccc56)c5ccccc5cc34)cc2)cc1. The molecule has 0 radical (unpaired) electrons. The Morgan fingerprint density at radius 3 is 1.66 bits per heavy atom. The van der Waals surface area contributed by atoms with Gasteiger partial charge in [0.25, 0.3) is 0 Å². The summed E-state index contributed by atoms with van der Waals surface area (Å²) in [6.07, 6.45) is 0. The minimum Gasteiger partial charge on any atom is -0.455 e. The van der Waals surface area contributed by atoms with Crippen LogP contribution in [0, 0.1) is 0 Å². The maximum absolute atomic E-state index is 7.02. The molecule has 0 N–H and O–H groups in total. The summed E-state index contributed by atoms with van der Waals surface area (Å²) in [5.74, 6) is 0. The van der Waals surface area contributed by atoms with Gasteiger partial charge in [0, 0.05) is 39.5 Å². The van der Waals surface area contributed by atoms with E-state index in [1.807, 2.05) is 0 Å². The van der Waals surface area contributed by atoms with Gasteiger partial charge in [-0.05, 0) is 97.5 Å². The summed E-state index contributed by atoms with van der Waals surface area (Å²) < 4.78 is 7.02. The van der Waals surface area contributed by atoms with Crippen LogP contribution in [0.25, 0.3) is 76.5 Å². The first-order valence-electron chi connectivity index (χ1n) is 17.1. The van der Waals surface area contributed by atoms with Gasteiger partial charge >= 0.3 is 0 Å². The van der Waals surface area contributed by atoms with Gasteiger partial charge in [0.2, 0.25) is 0 Å². The highest BCUT2D eigenvalue weighted by Crippen LogP contribution is 2.46. The number of hydrogen-bond acceptors (Lipinski definition) is 2. The molecule has 2 heteroatoms. The van der Waals surface area contributed by atoms with Gasteiger partial charge in [0.05, 0.1) is 0 Å². The van der Waals surface area contributed by atoms with Crippen LogP contribution in [0.2, 0.25) is 0 Å². The van der Waals surface area contributed by atoms with Crippen LogP contribution in [0.3, 0.4) is 0 Å². The van der Waals surface area contributed by atoms with Crippen molar-refractivity contribution in [3.05, 3.63) is 188 Å². The zero-order chi connectivity index (χ0) is 33.0. The van der Waals surface area contributed by atoms with Crippen LogP contribution in [0.4, 0.5) is 17.1 Å². The van der Waals surface area contributed by atoms with E-state index in [0.717, 1.165) is 44.6 Å². The second kappa shape index (κ2) is 11.5. The van der Waals surface area contributed by atoms with E-state index in [-0.39, 0.29) is 0 Å². The van der Waals surface area contributed by atoms with Crippen molar-refractivity contribution >= 4 is 71.3 Å². The maximum Gasteiger partial charge on any atom is 0.143 e. The molecule has 2 nitrogen and oxygen atoms in total. The van der Waals surface area contributed by atoms with Crippen molar-refractivity contribution in [3.8, 4) is 22.3 Å². The molecule has 1 aromatic heterocycles. The van der Waals surface area contributed by atoms with E-state index in [9.17, 15) is 0 Å². The molecule has 234 valence electrons. The Bertz CT molecular complexity index is 2850. The zero-order valence-corrected chi connectivity index (χ0v) is 27.3. The van der Waals surface area contributed by atoms with E-state index in [4.69, 9.17) is 4.42 Å². The molecule has 0 spiro atoms. The van der Waals surface area contributed by atoms with Crippen LogP contribution in [-0.2, 0) is 0 Å². The predicted octanol–water partition coefficient (Wildman–Crippen LogP) is 13.8. The number of benzene rings is 9. The number of nitrogens with zero attached hydrogens (tertiary/aromatic N) is 1. The summed E-state index contributed by atoms with van der Waals surface area (Å²) in [5, 5.41) is 9.56. The van der Waals surface area contributed by atoms with Gasteiger partial charge in [-0.15, -0.1) is 0 Å². The molecular weight excluding hydrogens is 607 g/mol. The Morgan fingerprint density at radius 2 is 0.900 bits per heavy atom. The Labute approximate surface area is 290 Å². The molecule has 10 rings (SSSR count). The van der Waals surface area contributed by atoms with Crippen LogP contribution >= 0.6 is 0 Å². The highest BCUT2D eigenvalue weighted by atomic mass is 16.3. The molecule has 0 bridgehead atoms. The number of hydrogen-bond donors (Lipinski definition) is 0. The molecule has 10 aromatic rings. The number of para-hydroxylation sites is 1. The fourth-order valence-electron chi connectivity index (χ4n) is 7.69. The molecular formula is C48H31NO. The third kappa shape index (κ3) is 4.57. The molecule has 1 heterocycles. The number of anilines is 3. The first-order chi connectivity index (χ1) is 24.8. The Kier molecular flexibility index (Phi) is 6.53. The predicted molar refractivity (Wildman–Crippen MR) is 212 cm³/mol. The highest BCUT2D eigenvalue weighted by Gasteiger charge is 2.21. The van der Waals surface area contributed by atoms with Crippen molar-refractivity contribution in [1.29, 1.82) is 0 Å². The van der Waals surface area contributed by atoms with Gasteiger partial charge in [-0.2, -0.15) is 0 Å². The standard InChI is InChI=1S/C48H31NO/c1-3-13-32(14-4-1)33-23-25-37(26-24-33)49(36-17-5-2-6-18-36)38-27-28-43-45-30-35-16-8-10-20-40(35)47(48(45)50-46(43)31-38)44-29-34-15-7-9-19-39(34)41-21-11-12-22-42(41)44/h1-31H. The average molecular weight is 638 g/mol. The van der Waals surface area contributed by atoms with Gasteiger partial charge < -0.3 is 9.32 Å². The molecule has 9 aromatic carbocycles. The van der Waals surface area contributed by atoms with Crippen molar-refractivity contribution in [2.75, 3.05) is 4.90 Å². The molecule has 0 saturated carbocycles. The van der Waals surface area contributed by atoms with E-state index in [1.165, 1.54) is 49.0 Å².